The van der Waals surface area contributed by atoms with Gasteiger partial charge in [-0.25, -0.2) is 0 Å². The molecule has 1 amide bonds. The molecule has 0 saturated heterocycles. The zero-order chi connectivity index (χ0) is 14.7. The molecule has 108 valence electrons. The van der Waals surface area contributed by atoms with E-state index < -0.39 is 0 Å². The predicted octanol–water partition coefficient (Wildman–Crippen LogP) is 2.17. The molecule has 1 unspecified atom stereocenters. The number of carbonyl (C=O) groups excluding carboxylic acids is 2. The first kappa shape index (κ1) is 14.7. The summed E-state index contributed by atoms with van der Waals surface area (Å²) in [6.07, 6.45) is 2.14. The zero-order valence-corrected chi connectivity index (χ0v) is 11.9. The lowest BCUT2D eigenvalue weighted by atomic mass is 9.76. The largest absolute Gasteiger partial charge is 0.393 e. The molecule has 0 bridgehead atoms. The van der Waals surface area contributed by atoms with Gasteiger partial charge < -0.3 is 10.4 Å². The van der Waals surface area contributed by atoms with Crippen molar-refractivity contribution in [3.05, 3.63) is 35.4 Å². The summed E-state index contributed by atoms with van der Waals surface area (Å²) < 4.78 is 0. The number of nitrogens with one attached hydrogen (secondary N) is 1. The van der Waals surface area contributed by atoms with Crippen LogP contribution in [0.15, 0.2) is 24.3 Å². The topological polar surface area (TPSA) is 66.4 Å². The molecular weight excluding hydrogens is 254 g/mol. The summed E-state index contributed by atoms with van der Waals surface area (Å²) in [5, 5.41) is 12.4. The van der Waals surface area contributed by atoms with Crippen molar-refractivity contribution in [1.82, 2.24) is 5.32 Å². The van der Waals surface area contributed by atoms with E-state index in [0.717, 1.165) is 19.3 Å². The first-order chi connectivity index (χ1) is 9.51. The van der Waals surface area contributed by atoms with Gasteiger partial charge >= 0.3 is 0 Å². The first-order valence-corrected chi connectivity index (χ1v) is 7.11. The van der Waals surface area contributed by atoms with Crippen molar-refractivity contribution in [3.63, 3.8) is 0 Å². The molecule has 2 N–H and O–H groups in total. The minimum Gasteiger partial charge on any atom is -0.393 e. The van der Waals surface area contributed by atoms with Crippen LogP contribution in [0.25, 0.3) is 0 Å². The van der Waals surface area contributed by atoms with E-state index >= 15 is 0 Å². The standard InChI is InChI=1S/C16H21NO3/c1-3-15(13-8-14(19)9-13)17-16(20)12-6-4-5-11(7-12)10(2)18/h4-7,13-15,19H,3,8-9H2,1-2H3,(H,17,20). The van der Waals surface area contributed by atoms with Gasteiger partial charge in [-0.3, -0.25) is 9.59 Å². The average molecular weight is 275 g/mol. The van der Waals surface area contributed by atoms with Gasteiger partial charge in [0.15, 0.2) is 5.78 Å². The Balaban J connectivity index is 2.03. The Labute approximate surface area is 119 Å². The summed E-state index contributed by atoms with van der Waals surface area (Å²) in [6, 6.07) is 6.86. The van der Waals surface area contributed by atoms with E-state index in [0.29, 0.717) is 17.0 Å². The van der Waals surface area contributed by atoms with E-state index in [1.807, 2.05) is 6.92 Å². The molecule has 0 heterocycles. The molecule has 20 heavy (non-hydrogen) atoms. The summed E-state index contributed by atoms with van der Waals surface area (Å²) in [4.78, 5) is 23.6. The number of hydrogen-bond acceptors (Lipinski definition) is 3. The second kappa shape index (κ2) is 6.18. The maximum Gasteiger partial charge on any atom is 0.251 e. The SMILES string of the molecule is CCC(NC(=O)c1cccc(C(C)=O)c1)C1CC(O)C1. The van der Waals surface area contributed by atoms with Crippen molar-refractivity contribution in [2.24, 2.45) is 5.92 Å². The normalized spacial score (nSPS) is 22.8. The Morgan fingerprint density at radius 3 is 2.55 bits per heavy atom. The molecule has 1 aliphatic carbocycles. The highest BCUT2D eigenvalue weighted by molar-refractivity contribution is 5.99. The number of aliphatic hydroxyl groups excluding tert-OH is 1. The van der Waals surface area contributed by atoms with Gasteiger partial charge in [-0.2, -0.15) is 0 Å². The second-order valence-electron chi connectivity index (χ2n) is 5.51. The molecular formula is C16H21NO3. The molecule has 0 aliphatic heterocycles. The van der Waals surface area contributed by atoms with E-state index in [4.69, 9.17) is 0 Å². The highest BCUT2D eigenvalue weighted by Gasteiger charge is 2.33. The van der Waals surface area contributed by atoms with E-state index in [-0.39, 0.29) is 23.8 Å². The lowest BCUT2D eigenvalue weighted by molar-refractivity contribution is 0.0232. The number of Topliss-reactive ketones (excluding diaryl/α,β-unsaturated/α-hetero) is 1. The molecule has 1 atom stereocenters. The van der Waals surface area contributed by atoms with Crippen LogP contribution in [-0.2, 0) is 0 Å². The van der Waals surface area contributed by atoms with Crippen LogP contribution in [0.4, 0.5) is 0 Å². The minimum atomic E-state index is -0.216. The van der Waals surface area contributed by atoms with Gasteiger partial charge in [0.25, 0.3) is 5.91 Å². The lowest BCUT2D eigenvalue weighted by Gasteiger charge is -2.37. The summed E-state index contributed by atoms with van der Waals surface area (Å²) >= 11 is 0. The van der Waals surface area contributed by atoms with Gasteiger partial charge in [-0.1, -0.05) is 19.1 Å². The van der Waals surface area contributed by atoms with Crippen molar-refractivity contribution >= 4 is 11.7 Å². The van der Waals surface area contributed by atoms with Crippen molar-refractivity contribution in [1.29, 1.82) is 0 Å². The highest BCUT2D eigenvalue weighted by Crippen LogP contribution is 2.31. The maximum absolute atomic E-state index is 12.2. The van der Waals surface area contributed by atoms with Gasteiger partial charge in [-0.05, 0) is 44.2 Å². The Morgan fingerprint density at radius 2 is 2.00 bits per heavy atom. The summed E-state index contributed by atoms with van der Waals surface area (Å²) in [5.74, 6) is 0.157. The second-order valence-corrected chi connectivity index (χ2v) is 5.51. The van der Waals surface area contributed by atoms with Crippen LogP contribution in [0.3, 0.4) is 0 Å². The number of aliphatic hydroxyl groups is 1. The van der Waals surface area contributed by atoms with Gasteiger partial charge in [0.05, 0.1) is 6.10 Å². The third-order valence-electron chi connectivity index (χ3n) is 4.01. The monoisotopic (exact) mass is 275 g/mol. The van der Waals surface area contributed by atoms with Crippen LogP contribution in [-0.4, -0.2) is 28.9 Å². The molecule has 0 radical (unpaired) electrons. The zero-order valence-electron chi connectivity index (χ0n) is 11.9. The van der Waals surface area contributed by atoms with E-state index in [9.17, 15) is 14.7 Å². The molecule has 1 aromatic rings. The van der Waals surface area contributed by atoms with Crippen molar-refractivity contribution in [2.45, 2.75) is 45.3 Å². The lowest BCUT2D eigenvalue weighted by Crippen LogP contribution is -2.46. The van der Waals surface area contributed by atoms with Crippen LogP contribution in [0.1, 0.15) is 53.8 Å². The van der Waals surface area contributed by atoms with Gasteiger partial charge in [0.2, 0.25) is 0 Å². The Kier molecular flexibility index (Phi) is 4.55. The van der Waals surface area contributed by atoms with Crippen LogP contribution < -0.4 is 5.32 Å². The molecule has 1 saturated carbocycles. The molecule has 1 aliphatic rings. The fourth-order valence-electron chi connectivity index (χ4n) is 2.64. The fourth-order valence-corrected chi connectivity index (χ4v) is 2.64. The molecule has 1 fully saturated rings. The maximum atomic E-state index is 12.2. The number of amides is 1. The fraction of sp³-hybridized carbons (Fsp3) is 0.500. The smallest absolute Gasteiger partial charge is 0.251 e. The molecule has 4 heteroatoms. The molecule has 0 spiro atoms. The summed E-state index contributed by atoms with van der Waals surface area (Å²) in [5.41, 5.74) is 1.06. The summed E-state index contributed by atoms with van der Waals surface area (Å²) in [6.45, 7) is 3.52. The minimum absolute atomic E-state index is 0.0474. The molecule has 4 nitrogen and oxygen atoms in total. The van der Waals surface area contributed by atoms with Crippen molar-refractivity contribution in [2.75, 3.05) is 0 Å². The number of rotatable bonds is 5. The quantitative estimate of drug-likeness (QED) is 0.809. The van der Waals surface area contributed by atoms with Crippen LogP contribution in [0.2, 0.25) is 0 Å². The van der Waals surface area contributed by atoms with E-state index in [2.05, 4.69) is 5.32 Å². The van der Waals surface area contributed by atoms with Gasteiger partial charge in [0, 0.05) is 17.2 Å². The number of benzene rings is 1. The Hall–Kier alpha value is -1.68. The van der Waals surface area contributed by atoms with Crippen LogP contribution in [0.5, 0.6) is 0 Å². The molecule has 0 aromatic heterocycles. The van der Waals surface area contributed by atoms with Crippen molar-refractivity contribution < 1.29 is 14.7 Å². The average Bonchev–Trinajstić information content (AvgIpc) is 2.41. The van der Waals surface area contributed by atoms with Gasteiger partial charge in [0.1, 0.15) is 0 Å². The number of carbonyl (C=O) groups is 2. The molecule has 2 rings (SSSR count). The number of hydrogen-bond donors (Lipinski definition) is 2. The first-order valence-electron chi connectivity index (χ1n) is 7.11. The van der Waals surface area contributed by atoms with Gasteiger partial charge in [-0.15, -0.1) is 0 Å². The summed E-state index contributed by atoms with van der Waals surface area (Å²) in [7, 11) is 0. The van der Waals surface area contributed by atoms with Crippen molar-refractivity contribution in [3.8, 4) is 0 Å². The van der Waals surface area contributed by atoms with E-state index in [1.54, 1.807) is 24.3 Å². The van der Waals surface area contributed by atoms with Crippen LogP contribution in [0, 0.1) is 5.92 Å². The van der Waals surface area contributed by atoms with Crippen LogP contribution >= 0.6 is 0 Å². The third-order valence-corrected chi connectivity index (χ3v) is 4.01. The van der Waals surface area contributed by atoms with E-state index in [1.165, 1.54) is 6.92 Å². The third kappa shape index (κ3) is 3.25. The highest BCUT2D eigenvalue weighted by atomic mass is 16.3. The molecule has 1 aromatic carbocycles. The predicted molar refractivity (Wildman–Crippen MR) is 76.7 cm³/mol. The number of ketones is 1. The Bertz CT molecular complexity index is 506. The Morgan fingerprint density at radius 1 is 1.35 bits per heavy atom.